The average Bonchev–Trinajstić information content (AvgIpc) is 2.94. The fourth-order valence-corrected chi connectivity index (χ4v) is 2.63. The molecular weight excluding hydrogens is 301 g/mol. The summed E-state index contributed by atoms with van der Waals surface area (Å²) in [6.07, 6.45) is 3.91. The number of benzene rings is 1. The van der Waals surface area contributed by atoms with Crippen LogP contribution in [0.5, 0.6) is 0 Å². The van der Waals surface area contributed by atoms with E-state index in [2.05, 4.69) is 16.0 Å². The number of Topliss-reactive ketones (excluding diaryl/α,β-unsaturated/α-hetero) is 1. The molecule has 3 nitrogen and oxygen atoms in total. The second-order valence-electron chi connectivity index (χ2n) is 4.68. The van der Waals surface area contributed by atoms with Gasteiger partial charge in [-0.2, -0.15) is 18.2 Å². The Morgan fingerprint density at radius 1 is 1.56 bits per heavy atom. The number of H-pyrrole nitrogens is 1. The molecule has 1 N–H and O–H groups in total. The molecule has 1 fully saturated rings. The number of ketones is 1. The largest absolute Gasteiger partial charge is 3.00 e. The maximum Gasteiger partial charge on any atom is 3.00 e. The minimum atomic E-state index is 0. The maximum atomic E-state index is 12.5. The number of carbonyl (C=O) groups excluding carboxylic acids is 1. The van der Waals surface area contributed by atoms with Crippen molar-refractivity contribution >= 4 is 16.7 Å². The van der Waals surface area contributed by atoms with Crippen molar-refractivity contribution in [2.75, 3.05) is 13.6 Å². The van der Waals surface area contributed by atoms with E-state index in [1.807, 2.05) is 31.4 Å². The summed E-state index contributed by atoms with van der Waals surface area (Å²) in [7, 11) is 2.02. The Balaban J connectivity index is 0.00000120. The van der Waals surface area contributed by atoms with E-state index in [-0.39, 0.29) is 44.5 Å². The van der Waals surface area contributed by atoms with Crippen molar-refractivity contribution < 1.29 is 37.5 Å². The minimum absolute atomic E-state index is 0. The van der Waals surface area contributed by atoms with Crippen LogP contribution in [0, 0.1) is 6.07 Å². The molecule has 1 saturated heterocycles. The Bertz CT molecular complexity index is 564. The molecule has 1 aliphatic rings. The van der Waals surface area contributed by atoms with Gasteiger partial charge in [0.25, 0.3) is 0 Å². The molecule has 0 spiro atoms. The van der Waals surface area contributed by atoms with Crippen LogP contribution in [0.2, 0.25) is 0 Å². The fourth-order valence-electron chi connectivity index (χ4n) is 2.63. The smallest absolute Gasteiger partial charge is 0.384 e. The van der Waals surface area contributed by atoms with Crippen LogP contribution in [0.3, 0.4) is 0 Å². The van der Waals surface area contributed by atoms with E-state index in [0.29, 0.717) is 0 Å². The van der Waals surface area contributed by atoms with Crippen LogP contribution in [-0.2, 0) is 32.7 Å². The summed E-state index contributed by atoms with van der Waals surface area (Å²) >= 11 is 0. The Labute approximate surface area is 132 Å². The van der Waals surface area contributed by atoms with E-state index >= 15 is 0 Å². The van der Waals surface area contributed by atoms with Crippen molar-refractivity contribution in [3.63, 3.8) is 0 Å². The van der Waals surface area contributed by atoms with Crippen molar-refractivity contribution in [3.8, 4) is 0 Å². The van der Waals surface area contributed by atoms with Crippen LogP contribution >= 0.6 is 0 Å². The molecule has 3 rings (SSSR count). The maximum absolute atomic E-state index is 12.5. The van der Waals surface area contributed by atoms with E-state index in [9.17, 15) is 4.79 Å². The number of carbonyl (C=O) groups is 1. The molecule has 18 heavy (non-hydrogen) atoms. The number of likely N-dealkylation sites (tertiary alicyclic amines) is 1. The van der Waals surface area contributed by atoms with Crippen molar-refractivity contribution in [1.29, 1.82) is 0 Å². The zero-order chi connectivity index (χ0) is 11.8. The first kappa shape index (κ1) is 13.9. The molecule has 0 aliphatic carbocycles. The predicted octanol–water partition coefficient (Wildman–Crippen LogP) is 2.24. The van der Waals surface area contributed by atoms with Crippen molar-refractivity contribution in [2.24, 2.45) is 0 Å². The quantitative estimate of drug-likeness (QED) is 0.681. The number of hydrogen-bond acceptors (Lipinski definition) is 2. The Hall–Kier alpha value is -0.506. The predicted molar refractivity (Wildman–Crippen MR) is 67.1 cm³/mol. The zero-order valence-electron chi connectivity index (χ0n) is 10.4. The van der Waals surface area contributed by atoms with Crippen LogP contribution in [0.25, 0.3) is 10.9 Å². The molecule has 1 aliphatic heterocycles. The standard InChI is InChI=1S/C14H15N2O.Y/c1-16-8-4-7-13(16)14(17)11-9-15-12-6-3-2-5-10(11)12;/h3,5-6,9,13,15H,4,7-8H2,1H3;/q-1;+3. The third-order valence-electron chi connectivity index (χ3n) is 3.61. The van der Waals surface area contributed by atoms with Gasteiger partial charge in [0.05, 0.1) is 6.04 Å². The Morgan fingerprint density at radius 3 is 3.11 bits per heavy atom. The molecule has 0 radical (unpaired) electrons. The summed E-state index contributed by atoms with van der Waals surface area (Å²) in [4.78, 5) is 17.8. The van der Waals surface area contributed by atoms with Gasteiger partial charge in [-0.05, 0) is 38.2 Å². The summed E-state index contributed by atoms with van der Waals surface area (Å²) in [5.41, 5.74) is 1.81. The molecular formula is C14H15N2OY+2. The second kappa shape index (κ2) is 5.64. The minimum Gasteiger partial charge on any atom is -0.384 e. The summed E-state index contributed by atoms with van der Waals surface area (Å²) in [5, 5.41) is 0.984. The molecule has 4 heteroatoms. The van der Waals surface area contributed by atoms with Gasteiger partial charge in [0.15, 0.2) is 5.78 Å². The van der Waals surface area contributed by atoms with E-state index in [1.54, 1.807) is 0 Å². The van der Waals surface area contributed by atoms with Gasteiger partial charge in [-0.15, -0.1) is 6.07 Å². The van der Waals surface area contributed by atoms with Crippen molar-refractivity contribution in [1.82, 2.24) is 9.88 Å². The second-order valence-corrected chi connectivity index (χ2v) is 4.68. The van der Waals surface area contributed by atoms with Crippen LogP contribution in [0.4, 0.5) is 0 Å². The molecule has 1 aromatic heterocycles. The number of aromatic amines is 1. The third kappa shape index (κ3) is 2.32. The summed E-state index contributed by atoms with van der Waals surface area (Å²) in [5.74, 6) is 0.232. The molecule has 1 unspecified atom stereocenters. The van der Waals surface area contributed by atoms with E-state index in [0.717, 1.165) is 35.9 Å². The van der Waals surface area contributed by atoms with Crippen LogP contribution in [-0.4, -0.2) is 35.3 Å². The monoisotopic (exact) mass is 316 g/mol. The first-order chi connectivity index (χ1) is 8.27. The van der Waals surface area contributed by atoms with Crippen molar-refractivity contribution in [2.45, 2.75) is 18.9 Å². The number of nitrogens with zero attached hydrogens (tertiary/aromatic N) is 1. The van der Waals surface area contributed by atoms with E-state index in [4.69, 9.17) is 0 Å². The number of likely N-dealkylation sites (N-methyl/N-ethyl adjacent to an activating group) is 1. The molecule has 2 aromatic rings. The molecule has 1 atom stereocenters. The molecule has 88 valence electrons. The van der Waals surface area contributed by atoms with Gasteiger partial charge in [-0.1, -0.05) is 10.9 Å². The number of hydrogen-bond donors (Lipinski definition) is 1. The van der Waals surface area contributed by atoms with E-state index in [1.165, 1.54) is 0 Å². The van der Waals surface area contributed by atoms with E-state index < -0.39 is 0 Å². The van der Waals surface area contributed by atoms with Gasteiger partial charge in [-0.25, -0.2) is 0 Å². The van der Waals surface area contributed by atoms with Gasteiger partial charge in [0.2, 0.25) is 0 Å². The Kier molecular flexibility index (Phi) is 4.36. The summed E-state index contributed by atoms with van der Waals surface area (Å²) in [6, 6.07) is 8.77. The van der Waals surface area contributed by atoms with Gasteiger partial charge in [0.1, 0.15) is 0 Å². The van der Waals surface area contributed by atoms with Crippen LogP contribution in [0.1, 0.15) is 23.2 Å². The number of nitrogens with one attached hydrogen (secondary N) is 1. The first-order valence-corrected chi connectivity index (χ1v) is 5.99. The SMILES string of the molecule is CN1CCCC1C(=O)c1c[nH]c2cc[c-]cc12.[Y+3]. The molecule has 1 aromatic carbocycles. The number of aromatic nitrogens is 1. The van der Waals surface area contributed by atoms with Gasteiger partial charge < -0.3 is 4.98 Å². The van der Waals surface area contributed by atoms with Gasteiger partial charge in [0, 0.05) is 0 Å². The Morgan fingerprint density at radius 2 is 2.39 bits per heavy atom. The normalized spacial score (nSPS) is 19.9. The molecule has 0 bridgehead atoms. The molecule has 2 heterocycles. The topological polar surface area (TPSA) is 36.1 Å². The summed E-state index contributed by atoms with van der Waals surface area (Å²) < 4.78 is 0. The number of rotatable bonds is 2. The van der Waals surface area contributed by atoms with Crippen molar-refractivity contribution in [3.05, 3.63) is 36.0 Å². The van der Waals surface area contributed by atoms with Crippen LogP contribution in [0.15, 0.2) is 24.4 Å². The summed E-state index contributed by atoms with van der Waals surface area (Å²) in [6.45, 7) is 1.02. The first-order valence-electron chi connectivity index (χ1n) is 5.99. The average molecular weight is 316 g/mol. The zero-order valence-corrected chi connectivity index (χ0v) is 13.3. The number of fused-ring (bicyclic) bond motifs is 1. The fraction of sp³-hybridized carbons (Fsp3) is 0.357. The van der Waals surface area contributed by atoms with Crippen LogP contribution < -0.4 is 0 Å². The third-order valence-corrected chi connectivity index (χ3v) is 3.61. The molecule has 0 saturated carbocycles. The van der Waals surface area contributed by atoms with Gasteiger partial charge >= 0.3 is 32.7 Å². The van der Waals surface area contributed by atoms with Gasteiger partial charge in [-0.3, -0.25) is 9.69 Å². The molecule has 0 amide bonds.